The Morgan fingerprint density at radius 2 is 2.20 bits per heavy atom. The van der Waals surface area contributed by atoms with Crippen LogP contribution in [-0.2, 0) is 4.74 Å². The van der Waals surface area contributed by atoms with Gasteiger partial charge in [0.25, 0.3) is 0 Å². The van der Waals surface area contributed by atoms with E-state index in [-0.39, 0.29) is 5.97 Å². The monoisotopic (exact) mass is 203 g/mol. The molecule has 0 saturated carbocycles. The molecule has 0 bridgehead atoms. The van der Waals surface area contributed by atoms with Crippen LogP contribution in [0.25, 0.3) is 10.9 Å². The van der Waals surface area contributed by atoms with Crippen LogP contribution in [-0.4, -0.2) is 17.6 Å². The molecule has 78 valence electrons. The van der Waals surface area contributed by atoms with Gasteiger partial charge >= 0.3 is 5.97 Å². The zero-order valence-corrected chi connectivity index (χ0v) is 8.83. The van der Waals surface area contributed by atoms with E-state index in [0.29, 0.717) is 12.2 Å². The van der Waals surface area contributed by atoms with Crippen molar-refractivity contribution in [1.29, 1.82) is 0 Å². The molecule has 0 fully saturated rings. The fraction of sp³-hybridized carbons (Fsp3) is 0.250. The fourth-order valence-electron chi connectivity index (χ4n) is 1.62. The van der Waals surface area contributed by atoms with E-state index in [1.165, 1.54) is 0 Å². The number of hydrogen-bond acceptors (Lipinski definition) is 2. The summed E-state index contributed by atoms with van der Waals surface area (Å²) in [6.07, 6.45) is 0. The molecular formula is C12H13NO2. The normalized spacial score (nSPS) is 10.5. The lowest BCUT2D eigenvalue weighted by Crippen LogP contribution is -2.03. The number of carbonyl (C=O) groups is 1. The molecule has 1 N–H and O–H groups in total. The van der Waals surface area contributed by atoms with Crippen molar-refractivity contribution < 1.29 is 9.53 Å². The van der Waals surface area contributed by atoms with Crippen molar-refractivity contribution in [2.75, 3.05) is 6.61 Å². The molecule has 2 aromatic rings. The summed E-state index contributed by atoms with van der Waals surface area (Å²) < 4.78 is 4.93. The summed E-state index contributed by atoms with van der Waals surface area (Å²) in [5, 5.41) is 1.04. The lowest BCUT2D eigenvalue weighted by molar-refractivity contribution is 0.0526. The van der Waals surface area contributed by atoms with Gasteiger partial charge in [0.05, 0.1) is 12.2 Å². The van der Waals surface area contributed by atoms with Gasteiger partial charge in [0.15, 0.2) is 0 Å². The van der Waals surface area contributed by atoms with Crippen LogP contribution in [0, 0.1) is 6.92 Å². The number of fused-ring (bicyclic) bond motifs is 1. The maximum atomic E-state index is 11.5. The molecule has 3 heteroatoms. The Bertz CT molecular complexity index is 499. The molecule has 1 aromatic heterocycles. The zero-order chi connectivity index (χ0) is 10.8. The first-order valence-corrected chi connectivity index (χ1v) is 4.97. The molecule has 0 saturated heterocycles. The van der Waals surface area contributed by atoms with Crippen molar-refractivity contribution in [2.24, 2.45) is 0 Å². The van der Waals surface area contributed by atoms with Gasteiger partial charge in [0, 0.05) is 16.6 Å². The molecular weight excluding hydrogens is 190 g/mol. The van der Waals surface area contributed by atoms with Crippen LogP contribution in [0.5, 0.6) is 0 Å². The number of aryl methyl sites for hydroxylation is 1. The highest BCUT2D eigenvalue weighted by Crippen LogP contribution is 2.17. The molecule has 0 aliphatic carbocycles. The van der Waals surface area contributed by atoms with Gasteiger partial charge < -0.3 is 9.72 Å². The first kappa shape index (κ1) is 9.77. The van der Waals surface area contributed by atoms with E-state index >= 15 is 0 Å². The lowest BCUT2D eigenvalue weighted by Gasteiger charge is -2.00. The number of esters is 1. The van der Waals surface area contributed by atoms with Crippen molar-refractivity contribution in [3.63, 3.8) is 0 Å². The van der Waals surface area contributed by atoms with E-state index in [4.69, 9.17) is 4.74 Å². The Labute approximate surface area is 88.1 Å². The first-order valence-electron chi connectivity index (χ1n) is 4.97. The number of H-pyrrole nitrogens is 1. The number of nitrogens with one attached hydrogen (secondary N) is 1. The van der Waals surface area contributed by atoms with E-state index in [1.54, 1.807) is 13.0 Å². The van der Waals surface area contributed by atoms with Crippen molar-refractivity contribution in [3.8, 4) is 0 Å². The third-order valence-corrected chi connectivity index (χ3v) is 2.27. The summed E-state index contributed by atoms with van der Waals surface area (Å²) in [4.78, 5) is 14.7. The Morgan fingerprint density at radius 1 is 1.40 bits per heavy atom. The topological polar surface area (TPSA) is 42.1 Å². The van der Waals surface area contributed by atoms with Crippen LogP contribution in [0.3, 0.4) is 0 Å². The number of ether oxygens (including phenoxy) is 1. The average Bonchev–Trinajstić information content (AvgIpc) is 2.57. The van der Waals surface area contributed by atoms with Gasteiger partial charge in [-0.25, -0.2) is 4.79 Å². The highest BCUT2D eigenvalue weighted by Gasteiger charge is 2.07. The van der Waals surface area contributed by atoms with Gasteiger partial charge in [0.1, 0.15) is 0 Å². The summed E-state index contributed by atoms with van der Waals surface area (Å²) in [6, 6.07) is 7.53. The van der Waals surface area contributed by atoms with Crippen molar-refractivity contribution in [2.45, 2.75) is 13.8 Å². The zero-order valence-electron chi connectivity index (χ0n) is 8.83. The second-order valence-electron chi connectivity index (χ2n) is 3.47. The number of hydrogen-bond donors (Lipinski definition) is 1. The minimum Gasteiger partial charge on any atom is -0.462 e. The number of aromatic nitrogens is 1. The van der Waals surface area contributed by atoms with Crippen molar-refractivity contribution in [3.05, 3.63) is 35.5 Å². The van der Waals surface area contributed by atoms with Gasteiger partial charge in [-0.3, -0.25) is 0 Å². The molecule has 0 unspecified atom stereocenters. The van der Waals surface area contributed by atoms with Crippen LogP contribution in [0.15, 0.2) is 24.3 Å². The molecule has 2 rings (SSSR count). The molecule has 1 aromatic carbocycles. The third-order valence-electron chi connectivity index (χ3n) is 2.27. The summed E-state index contributed by atoms with van der Waals surface area (Å²) in [6.45, 7) is 4.20. The summed E-state index contributed by atoms with van der Waals surface area (Å²) in [7, 11) is 0. The van der Waals surface area contributed by atoms with Crippen LogP contribution in [0.2, 0.25) is 0 Å². The first-order chi connectivity index (χ1) is 7.20. The second kappa shape index (κ2) is 3.77. The largest absolute Gasteiger partial charge is 0.462 e. The number of carbonyl (C=O) groups excluding carboxylic acids is 1. The molecule has 0 atom stereocenters. The highest BCUT2D eigenvalue weighted by molar-refractivity contribution is 5.94. The minimum atomic E-state index is -0.266. The molecule has 0 aliphatic heterocycles. The third kappa shape index (κ3) is 1.86. The predicted molar refractivity (Wildman–Crippen MR) is 59.0 cm³/mol. The molecule has 0 radical (unpaired) electrons. The maximum absolute atomic E-state index is 11.5. The van der Waals surface area contributed by atoms with E-state index in [2.05, 4.69) is 4.98 Å². The van der Waals surface area contributed by atoms with Crippen LogP contribution in [0.4, 0.5) is 0 Å². The average molecular weight is 203 g/mol. The number of rotatable bonds is 2. The Kier molecular flexibility index (Phi) is 2.46. The molecule has 0 aliphatic rings. The predicted octanol–water partition coefficient (Wildman–Crippen LogP) is 2.65. The van der Waals surface area contributed by atoms with E-state index in [9.17, 15) is 4.79 Å². The van der Waals surface area contributed by atoms with E-state index in [1.807, 2.05) is 25.1 Å². The highest BCUT2D eigenvalue weighted by atomic mass is 16.5. The Morgan fingerprint density at radius 3 is 2.93 bits per heavy atom. The van der Waals surface area contributed by atoms with Crippen molar-refractivity contribution in [1.82, 2.24) is 4.98 Å². The van der Waals surface area contributed by atoms with Gasteiger partial charge in [-0.2, -0.15) is 0 Å². The summed E-state index contributed by atoms with van der Waals surface area (Å²) >= 11 is 0. The SMILES string of the molecule is CCOC(=O)c1ccc2[nH]c(C)cc2c1. The number of benzene rings is 1. The van der Waals surface area contributed by atoms with Gasteiger partial charge in [-0.15, -0.1) is 0 Å². The molecule has 1 heterocycles. The summed E-state index contributed by atoms with van der Waals surface area (Å²) in [5.41, 5.74) is 2.73. The van der Waals surface area contributed by atoms with Crippen LogP contribution in [0.1, 0.15) is 23.0 Å². The molecule has 0 amide bonds. The second-order valence-corrected chi connectivity index (χ2v) is 3.47. The van der Waals surface area contributed by atoms with Gasteiger partial charge in [0.2, 0.25) is 0 Å². The molecule has 3 nitrogen and oxygen atoms in total. The van der Waals surface area contributed by atoms with Gasteiger partial charge in [-0.05, 0) is 38.1 Å². The van der Waals surface area contributed by atoms with E-state index in [0.717, 1.165) is 16.6 Å². The van der Waals surface area contributed by atoms with E-state index < -0.39 is 0 Å². The van der Waals surface area contributed by atoms with Crippen LogP contribution >= 0.6 is 0 Å². The molecule has 15 heavy (non-hydrogen) atoms. The maximum Gasteiger partial charge on any atom is 0.338 e. The minimum absolute atomic E-state index is 0.266. The number of aromatic amines is 1. The van der Waals surface area contributed by atoms with Crippen molar-refractivity contribution >= 4 is 16.9 Å². The standard InChI is InChI=1S/C12H13NO2/c1-3-15-12(14)9-4-5-11-10(7-9)6-8(2)13-11/h4-7,13H,3H2,1-2H3. The fourth-order valence-corrected chi connectivity index (χ4v) is 1.62. The van der Waals surface area contributed by atoms with Crippen LogP contribution < -0.4 is 0 Å². The Hall–Kier alpha value is -1.77. The quantitative estimate of drug-likeness (QED) is 0.762. The lowest BCUT2D eigenvalue weighted by atomic mass is 10.1. The smallest absolute Gasteiger partial charge is 0.338 e. The molecule has 0 spiro atoms. The van der Waals surface area contributed by atoms with Gasteiger partial charge in [-0.1, -0.05) is 0 Å². The Balaban J connectivity index is 2.41. The summed E-state index contributed by atoms with van der Waals surface area (Å²) in [5.74, 6) is -0.266.